The number of hydrogen-bond acceptors (Lipinski definition) is 3. The maximum absolute atomic E-state index is 13.2. The molecule has 1 N–H and O–H groups in total. The molecule has 1 aromatic carbocycles. The van der Waals surface area contributed by atoms with Crippen LogP contribution in [0.5, 0.6) is 0 Å². The molecule has 3 rings (SSSR count). The summed E-state index contributed by atoms with van der Waals surface area (Å²) in [5.74, 6) is -0.270. The van der Waals surface area contributed by atoms with Gasteiger partial charge in [0, 0.05) is 17.6 Å². The van der Waals surface area contributed by atoms with Crippen LogP contribution in [0, 0.1) is 5.82 Å². The minimum absolute atomic E-state index is 0.0341. The van der Waals surface area contributed by atoms with E-state index in [-0.39, 0.29) is 11.9 Å². The molecule has 1 unspecified atom stereocenters. The zero-order chi connectivity index (χ0) is 13.2. The fourth-order valence-corrected chi connectivity index (χ4v) is 2.72. The van der Waals surface area contributed by atoms with Crippen LogP contribution in [0.25, 0.3) is 5.69 Å². The highest BCUT2D eigenvalue weighted by Crippen LogP contribution is 2.27. The van der Waals surface area contributed by atoms with Gasteiger partial charge in [-0.2, -0.15) is 0 Å². The van der Waals surface area contributed by atoms with E-state index >= 15 is 0 Å². The Labute approximate surface area is 118 Å². The molecular formula is C13H13BrFN3O. The van der Waals surface area contributed by atoms with Gasteiger partial charge in [0.25, 0.3) is 0 Å². The van der Waals surface area contributed by atoms with Crippen molar-refractivity contribution in [1.29, 1.82) is 0 Å². The van der Waals surface area contributed by atoms with Crippen molar-refractivity contribution in [3.05, 3.63) is 46.7 Å². The molecule has 0 bridgehead atoms. The summed E-state index contributed by atoms with van der Waals surface area (Å²) in [6.07, 6.45) is 3.46. The summed E-state index contributed by atoms with van der Waals surface area (Å²) < 4.78 is 21.5. The third-order valence-electron chi connectivity index (χ3n) is 3.09. The van der Waals surface area contributed by atoms with Gasteiger partial charge in [0.2, 0.25) is 0 Å². The molecule has 4 nitrogen and oxygen atoms in total. The Morgan fingerprint density at radius 2 is 2.37 bits per heavy atom. The molecule has 1 saturated heterocycles. The molecule has 1 aliphatic heterocycles. The smallest absolute Gasteiger partial charge is 0.124 e. The van der Waals surface area contributed by atoms with Crippen molar-refractivity contribution >= 4 is 15.9 Å². The number of halogens is 2. The molecule has 1 atom stereocenters. The van der Waals surface area contributed by atoms with E-state index in [1.165, 1.54) is 12.1 Å². The zero-order valence-electron chi connectivity index (χ0n) is 10.1. The lowest BCUT2D eigenvalue weighted by atomic mass is 10.2. The van der Waals surface area contributed by atoms with Crippen molar-refractivity contribution in [3.63, 3.8) is 0 Å². The van der Waals surface area contributed by atoms with Crippen LogP contribution in [-0.4, -0.2) is 29.2 Å². The summed E-state index contributed by atoms with van der Waals surface area (Å²) in [7, 11) is 0. The van der Waals surface area contributed by atoms with Crippen LogP contribution in [0.1, 0.15) is 11.8 Å². The van der Waals surface area contributed by atoms with Gasteiger partial charge < -0.3 is 10.1 Å². The first kappa shape index (κ1) is 12.8. The van der Waals surface area contributed by atoms with Crippen molar-refractivity contribution < 1.29 is 9.13 Å². The van der Waals surface area contributed by atoms with Gasteiger partial charge in [0.1, 0.15) is 11.9 Å². The third kappa shape index (κ3) is 2.56. The van der Waals surface area contributed by atoms with E-state index in [1.807, 2.05) is 4.57 Å². The normalized spacial score (nSPS) is 19.6. The fraction of sp³-hybridized carbons (Fsp3) is 0.308. The summed E-state index contributed by atoms with van der Waals surface area (Å²) in [5, 5.41) is 3.29. The Balaban J connectivity index is 1.99. The maximum Gasteiger partial charge on any atom is 0.124 e. The molecule has 0 saturated carbocycles. The zero-order valence-corrected chi connectivity index (χ0v) is 11.7. The SMILES string of the molecule is Fc1ccc(-n2cncc2C2CNCCO2)c(Br)c1. The Morgan fingerprint density at radius 1 is 1.47 bits per heavy atom. The van der Waals surface area contributed by atoms with Crippen molar-refractivity contribution in [1.82, 2.24) is 14.9 Å². The molecule has 0 aliphatic carbocycles. The molecule has 2 aromatic rings. The quantitative estimate of drug-likeness (QED) is 0.921. The molecular weight excluding hydrogens is 313 g/mol. The van der Waals surface area contributed by atoms with Crippen LogP contribution >= 0.6 is 15.9 Å². The molecule has 0 amide bonds. The Hall–Kier alpha value is -1.24. The number of benzene rings is 1. The first-order valence-corrected chi connectivity index (χ1v) is 6.85. The number of morpholine rings is 1. The number of ether oxygens (including phenoxy) is 1. The monoisotopic (exact) mass is 325 g/mol. The average molecular weight is 326 g/mol. The van der Waals surface area contributed by atoms with Crippen LogP contribution in [0.4, 0.5) is 4.39 Å². The van der Waals surface area contributed by atoms with Crippen molar-refractivity contribution in [2.45, 2.75) is 6.10 Å². The van der Waals surface area contributed by atoms with Gasteiger partial charge in [-0.25, -0.2) is 9.37 Å². The number of hydrogen-bond donors (Lipinski definition) is 1. The van der Waals surface area contributed by atoms with Crippen LogP contribution in [0.2, 0.25) is 0 Å². The molecule has 0 radical (unpaired) electrons. The maximum atomic E-state index is 13.2. The number of nitrogens with zero attached hydrogens (tertiary/aromatic N) is 2. The van der Waals surface area contributed by atoms with Gasteiger partial charge in [-0.3, -0.25) is 4.57 Å². The molecule has 1 aromatic heterocycles. The molecule has 0 spiro atoms. The summed E-state index contributed by atoms with van der Waals surface area (Å²) in [4.78, 5) is 4.18. The summed E-state index contributed by atoms with van der Waals surface area (Å²) in [5.41, 5.74) is 1.81. The second-order valence-electron chi connectivity index (χ2n) is 4.35. The van der Waals surface area contributed by atoms with Crippen LogP contribution in [0.3, 0.4) is 0 Å². The van der Waals surface area contributed by atoms with Crippen LogP contribution in [-0.2, 0) is 4.74 Å². The Kier molecular flexibility index (Phi) is 3.63. The Morgan fingerprint density at radius 3 is 3.11 bits per heavy atom. The van der Waals surface area contributed by atoms with E-state index in [0.29, 0.717) is 11.1 Å². The predicted molar refractivity (Wildman–Crippen MR) is 72.8 cm³/mol. The predicted octanol–water partition coefficient (Wildman–Crippen LogP) is 2.43. The summed E-state index contributed by atoms with van der Waals surface area (Å²) in [6.45, 7) is 2.30. The highest BCUT2D eigenvalue weighted by atomic mass is 79.9. The Bertz CT molecular complexity index is 581. The van der Waals surface area contributed by atoms with Gasteiger partial charge >= 0.3 is 0 Å². The van der Waals surface area contributed by atoms with Gasteiger partial charge in [-0.1, -0.05) is 0 Å². The number of imidazole rings is 1. The van der Waals surface area contributed by atoms with E-state index in [0.717, 1.165) is 24.5 Å². The van der Waals surface area contributed by atoms with E-state index in [4.69, 9.17) is 4.74 Å². The number of aromatic nitrogens is 2. The molecule has 100 valence electrons. The lowest BCUT2D eigenvalue weighted by Gasteiger charge is -2.24. The second-order valence-corrected chi connectivity index (χ2v) is 5.20. The van der Waals surface area contributed by atoms with E-state index < -0.39 is 0 Å². The van der Waals surface area contributed by atoms with E-state index in [2.05, 4.69) is 26.2 Å². The van der Waals surface area contributed by atoms with E-state index in [9.17, 15) is 4.39 Å². The number of rotatable bonds is 2. The topological polar surface area (TPSA) is 39.1 Å². The highest BCUT2D eigenvalue weighted by Gasteiger charge is 2.20. The molecule has 2 heterocycles. The van der Waals surface area contributed by atoms with Gasteiger partial charge in [0.05, 0.1) is 30.5 Å². The van der Waals surface area contributed by atoms with Gasteiger partial charge in [-0.15, -0.1) is 0 Å². The average Bonchev–Trinajstić information content (AvgIpc) is 2.89. The van der Waals surface area contributed by atoms with E-state index in [1.54, 1.807) is 18.6 Å². The first-order valence-electron chi connectivity index (χ1n) is 6.05. The minimum Gasteiger partial charge on any atom is -0.369 e. The van der Waals surface area contributed by atoms with Gasteiger partial charge in [0.15, 0.2) is 0 Å². The second kappa shape index (κ2) is 5.40. The lowest BCUT2D eigenvalue weighted by molar-refractivity contribution is 0.0240. The molecule has 1 aliphatic rings. The summed E-state index contributed by atoms with van der Waals surface area (Å²) in [6, 6.07) is 4.60. The highest BCUT2D eigenvalue weighted by molar-refractivity contribution is 9.10. The fourth-order valence-electron chi connectivity index (χ4n) is 2.18. The first-order chi connectivity index (χ1) is 9.25. The third-order valence-corrected chi connectivity index (χ3v) is 3.73. The molecule has 6 heteroatoms. The molecule has 1 fully saturated rings. The summed E-state index contributed by atoms with van der Waals surface area (Å²) >= 11 is 3.38. The standard InChI is InChI=1S/C13H13BrFN3O/c14-10-5-9(15)1-2-11(10)18-8-17-6-12(18)13-7-16-3-4-19-13/h1-2,5-6,8,13,16H,3-4,7H2. The van der Waals surface area contributed by atoms with Crippen LogP contribution in [0.15, 0.2) is 35.2 Å². The van der Waals surface area contributed by atoms with Crippen molar-refractivity contribution in [2.24, 2.45) is 0 Å². The largest absolute Gasteiger partial charge is 0.369 e. The van der Waals surface area contributed by atoms with Crippen LogP contribution < -0.4 is 5.32 Å². The van der Waals surface area contributed by atoms with Crippen molar-refractivity contribution in [2.75, 3.05) is 19.7 Å². The minimum atomic E-state index is -0.270. The van der Waals surface area contributed by atoms with Crippen molar-refractivity contribution in [3.8, 4) is 5.69 Å². The van der Waals surface area contributed by atoms with Gasteiger partial charge in [-0.05, 0) is 34.1 Å². The lowest BCUT2D eigenvalue weighted by Crippen LogP contribution is -2.34. The molecule has 19 heavy (non-hydrogen) atoms. The number of nitrogens with one attached hydrogen (secondary N) is 1.